The predicted octanol–water partition coefficient (Wildman–Crippen LogP) is 2.49. The fourth-order valence-corrected chi connectivity index (χ4v) is 1.45. The van der Waals surface area contributed by atoms with E-state index in [1.807, 2.05) is 37.3 Å². The highest BCUT2D eigenvalue weighted by atomic mass is 16.5. The maximum absolute atomic E-state index is 8.77. The summed E-state index contributed by atoms with van der Waals surface area (Å²) in [7, 11) is 0. The van der Waals surface area contributed by atoms with E-state index in [0.717, 1.165) is 11.4 Å². The van der Waals surface area contributed by atoms with Gasteiger partial charge in [0.25, 0.3) is 0 Å². The van der Waals surface area contributed by atoms with Crippen molar-refractivity contribution in [1.29, 1.82) is 5.26 Å². The quantitative estimate of drug-likeness (QED) is 0.889. The molecule has 5 heteroatoms. The van der Waals surface area contributed by atoms with Crippen LogP contribution in [-0.4, -0.2) is 16.6 Å². The Morgan fingerprint density at radius 1 is 1.33 bits per heavy atom. The lowest BCUT2D eigenvalue weighted by atomic mass is 10.3. The molecule has 0 saturated carbocycles. The van der Waals surface area contributed by atoms with E-state index in [9.17, 15) is 0 Å². The van der Waals surface area contributed by atoms with Gasteiger partial charge in [-0.25, -0.2) is 9.97 Å². The minimum absolute atomic E-state index is 0.321. The summed E-state index contributed by atoms with van der Waals surface area (Å²) < 4.78 is 5.48. The van der Waals surface area contributed by atoms with Gasteiger partial charge in [-0.05, 0) is 25.1 Å². The summed E-state index contributed by atoms with van der Waals surface area (Å²) in [4.78, 5) is 8.10. The van der Waals surface area contributed by atoms with Gasteiger partial charge in [-0.2, -0.15) is 5.26 Å². The van der Waals surface area contributed by atoms with Crippen LogP contribution in [0.4, 0.5) is 11.6 Å². The van der Waals surface area contributed by atoms with Gasteiger partial charge in [0.05, 0.1) is 12.3 Å². The summed E-state index contributed by atoms with van der Waals surface area (Å²) in [5.74, 6) is 1.10. The molecule has 0 saturated heterocycles. The maximum atomic E-state index is 8.77. The molecule has 2 aromatic rings. The predicted molar refractivity (Wildman–Crippen MR) is 67.6 cm³/mol. The monoisotopic (exact) mass is 240 g/mol. The Morgan fingerprint density at radius 2 is 2.17 bits per heavy atom. The number of anilines is 2. The third-order valence-electron chi connectivity index (χ3n) is 2.20. The fraction of sp³-hybridized carbons (Fsp3) is 0.154. The maximum Gasteiger partial charge on any atom is 0.228 e. The summed E-state index contributed by atoms with van der Waals surface area (Å²) in [6.07, 6.45) is 1.54. The van der Waals surface area contributed by atoms with Crippen molar-refractivity contribution in [3.8, 4) is 11.8 Å². The highest BCUT2D eigenvalue weighted by Gasteiger charge is 2.04. The highest BCUT2D eigenvalue weighted by molar-refractivity contribution is 5.62. The van der Waals surface area contributed by atoms with Gasteiger partial charge >= 0.3 is 0 Å². The van der Waals surface area contributed by atoms with Crippen LogP contribution in [0.25, 0.3) is 0 Å². The molecule has 5 nitrogen and oxygen atoms in total. The second-order valence-corrected chi connectivity index (χ2v) is 3.43. The van der Waals surface area contributed by atoms with Crippen LogP contribution in [0.3, 0.4) is 0 Å². The zero-order valence-corrected chi connectivity index (χ0v) is 9.92. The summed E-state index contributed by atoms with van der Waals surface area (Å²) in [6.45, 7) is 2.50. The van der Waals surface area contributed by atoms with E-state index < -0.39 is 0 Å². The van der Waals surface area contributed by atoms with Crippen LogP contribution < -0.4 is 10.1 Å². The van der Waals surface area contributed by atoms with Gasteiger partial charge in [0.2, 0.25) is 5.95 Å². The van der Waals surface area contributed by atoms with Crippen molar-refractivity contribution in [3.63, 3.8) is 0 Å². The van der Waals surface area contributed by atoms with Gasteiger partial charge in [-0.3, -0.25) is 0 Å². The lowest BCUT2D eigenvalue weighted by molar-refractivity contribution is 0.342. The van der Waals surface area contributed by atoms with E-state index in [1.165, 1.54) is 6.20 Å². The number of hydrogen-bond donors (Lipinski definition) is 1. The molecule has 0 atom stereocenters. The number of benzene rings is 1. The number of nitrogens with one attached hydrogen (secondary N) is 1. The molecule has 2 rings (SSSR count). The molecule has 0 aliphatic rings. The van der Waals surface area contributed by atoms with Crippen LogP contribution in [0, 0.1) is 11.3 Å². The van der Waals surface area contributed by atoms with E-state index in [0.29, 0.717) is 18.2 Å². The summed E-state index contributed by atoms with van der Waals surface area (Å²) in [6, 6.07) is 11.0. The number of nitrogens with zero attached hydrogens (tertiary/aromatic N) is 3. The van der Waals surface area contributed by atoms with Crippen LogP contribution in [0.15, 0.2) is 36.5 Å². The summed E-state index contributed by atoms with van der Waals surface area (Å²) in [5, 5.41) is 11.8. The summed E-state index contributed by atoms with van der Waals surface area (Å²) >= 11 is 0. The molecule has 90 valence electrons. The number of aromatic nitrogens is 2. The van der Waals surface area contributed by atoms with Crippen molar-refractivity contribution in [2.75, 3.05) is 11.9 Å². The molecule has 0 unspecified atom stereocenters. The van der Waals surface area contributed by atoms with Crippen molar-refractivity contribution in [3.05, 3.63) is 42.2 Å². The zero-order valence-electron chi connectivity index (χ0n) is 9.92. The molecule has 0 aliphatic heterocycles. The van der Waals surface area contributed by atoms with E-state index in [2.05, 4.69) is 15.3 Å². The van der Waals surface area contributed by atoms with Gasteiger partial charge in [0, 0.05) is 6.20 Å². The van der Waals surface area contributed by atoms with Crippen LogP contribution in [0.5, 0.6) is 5.75 Å². The highest BCUT2D eigenvalue weighted by Crippen LogP contribution is 2.25. The molecule has 1 aromatic heterocycles. The van der Waals surface area contributed by atoms with Crippen molar-refractivity contribution in [2.45, 2.75) is 6.92 Å². The molecule has 0 fully saturated rings. The standard InChI is InChI=1S/C13H12N4O/c1-2-18-12-6-4-3-5-11(12)17-13-15-8-7-10(9-14)16-13/h3-8H,2H2,1H3,(H,15,16,17). The lowest BCUT2D eigenvalue weighted by Crippen LogP contribution is -2.01. The average molecular weight is 240 g/mol. The Hall–Kier alpha value is -2.61. The molecule has 0 bridgehead atoms. The number of hydrogen-bond acceptors (Lipinski definition) is 5. The Kier molecular flexibility index (Phi) is 3.72. The Bertz CT molecular complexity index is 577. The minimum atomic E-state index is 0.321. The minimum Gasteiger partial charge on any atom is -0.492 e. The van der Waals surface area contributed by atoms with Crippen molar-refractivity contribution in [2.24, 2.45) is 0 Å². The topological polar surface area (TPSA) is 70.8 Å². The molecule has 18 heavy (non-hydrogen) atoms. The van der Waals surface area contributed by atoms with Gasteiger partial charge in [-0.15, -0.1) is 0 Å². The van der Waals surface area contributed by atoms with Crippen molar-refractivity contribution >= 4 is 11.6 Å². The second kappa shape index (κ2) is 5.64. The van der Waals surface area contributed by atoms with Crippen LogP contribution in [0.1, 0.15) is 12.6 Å². The van der Waals surface area contributed by atoms with E-state index in [4.69, 9.17) is 10.00 Å². The molecular weight excluding hydrogens is 228 g/mol. The van der Waals surface area contributed by atoms with E-state index in [-0.39, 0.29) is 0 Å². The van der Waals surface area contributed by atoms with E-state index >= 15 is 0 Å². The van der Waals surface area contributed by atoms with Gasteiger partial charge in [0.1, 0.15) is 17.5 Å². The van der Waals surface area contributed by atoms with Gasteiger partial charge < -0.3 is 10.1 Å². The Morgan fingerprint density at radius 3 is 2.94 bits per heavy atom. The Balaban J connectivity index is 2.25. The molecule has 0 radical (unpaired) electrons. The van der Waals surface area contributed by atoms with Crippen LogP contribution in [0.2, 0.25) is 0 Å². The molecule has 0 amide bonds. The number of nitriles is 1. The first-order valence-electron chi connectivity index (χ1n) is 5.55. The zero-order chi connectivity index (χ0) is 12.8. The molecule has 1 N–H and O–H groups in total. The second-order valence-electron chi connectivity index (χ2n) is 3.43. The largest absolute Gasteiger partial charge is 0.492 e. The molecular formula is C13H12N4O. The lowest BCUT2D eigenvalue weighted by Gasteiger charge is -2.10. The smallest absolute Gasteiger partial charge is 0.228 e. The average Bonchev–Trinajstić information content (AvgIpc) is 2.41. The molecule has 0 aliphatic carbocycles. The third kappa shape index (κ3) is 2.74. The number of ether oxygens (including phenoxy) is 1. The third-order valence-corrected chi connectivity index (χ3v) is 2.20. The van der Waals surface area contributed by atoms with Gasteiger partial charge in [0.15, 0.2) is 0 Å². The van der Waals surface area contributed by atoms with Crippen LogP contribution in [-0.2, 0) is 0 Å². The Labute approximate surface area is 105 Å². The summed E-state index contributed by atoms with van der Waals surface area (Å²) in [5.41, 5.74) is 1.09. The normalized spacial score (nSPS) is 9.56. The van der Waals surface area contributed by atoms with Crippen molar-refractivity contribution < 1.29 is 4.74 Å². The van der Waals surface area contributed by atoms with Gasteiger partial charge in [-0.1, -0.05) is 12.1 Å². The number of rotatable bonds is 4. The van der Waals surface area contributed by atoms with Crippen molar-refractivity contribution in [1.82, 2.24) is 9.97 Å². The fourth-order valence-electron chi connectivity index (χ4n) is 1.45. The van der Waals surface area contributed by atoms with Crippen LogP contribution >= 0.6 is 0 Å². The first-order chi connectivity index (χ1) is 8.83. The molecule has 0 spiro atoms. The molecule has 1 aromatic carbocycles. The number of para-hydroxylation sites is 2. The SMILES string of the molecule is CCOc1ccccc1Nc1nccc(C#N)n1. The van der Waals surface area contributed by atoms with E-state index in [1.54, 1.807) is 6.07 Å². The first-order valence-corrected chi connectivity index (χ1v) is 5.55. The first kappa shape index (κ1) is 11.9. The molecule has 1 heterocycles.